The average Bonchev–Trinajstić information content (AvgIpc) is 1.68. The summed E-state index contributed by atoms with van der Waals surface area (Å²) in [5, 5.41) is 0. The largest absolute Gasteiger partial charge is 0.300 e. The highest BCUT2D eigenvalue weighted by Gasteiger charge is 1.91. The molecule has 0 aromatic carbocycles. The van der Waals surface area contributed by atoms with E-state index in [1.54, 1.807) is 0 Å². The van der Waals surface area contributed by atoms with Gasteiger partial charge >= 0.3 is 0 Å². The number of ketones is 1. The lowest BCUT2D eigenvalue weighted by atomic mass is 10.2. The average molecular weight is 196 g/mol. The second kappa shape index (κ2) is 41.3. The molecule has 90 valence electrons. The summed E-state index contributed by atoms with van der Waals surface area (Å²) in [7, 11) is 0. The molecule has 0 bridgehead atoms. The van der Waals surface area contributed by atoms with Gasteiger partial charge in [-0.15, -0.1) is 0 Å². The Labute approximate surface area is 89.0 Å². The highest BCUT2D eigenvalue weighted by Crippen LogP contribution is 1.90. The summed E-state index contributed by atoms with van der Waals surface area (Å²) in [6.07, 6.45) is 2.46. The Morgan fingerprint density at radius 2 is 1.15 bits per heavy atom. The lowest BCUT2D eigenvalue weighted by Gasteiger charge is -1.87. The first-order valence-corrected chi connectivity index (χ1v) is 2.83. The zero-order valence-electron chi connectivity index (χ0n) is 5.03. The molecule has 0 heterocycles. The van der Waals surface area contributed by atoms with Crippen molar-refractivity contribution in [1.82, 2.24) is 0 Å². The Hall–Kier alpha value is -0.330. The van der Waals surface area contributed by atoms with Crippen LogP contribution in [-0.2, 0) is 4.79 Å². The van der Waals surface area contributed by atoms with E-state index in [4.69, 9.17) is 0 Å². The second-order valence-electron chi connectivity index (χ2n) is 1.64. The lowest BCUT2D eigenvalue weighted by molar-refractivity contribution is -0.118. The zero-order chi connectivity index (χ0) is 5.70. The van der Waals surface area contributed by atoms with Gasteiger partial charge in [0.1, 0.15) is 5.78 Å². The molecule has 0 aliphatic carbocycles. The van der Waals surface area contributed by atoms with Crippen LogP contribution in [0.5, 0.6) is 0 Å². The SMILES string of the molecule is C.C.C.C.C.C.CCCC(=O)CC. The van der Waals surface area contributed by atoms with E-state index >= 15 is 0 Å². The molecule has 0 N–H and O–H groups in total. The van der Waals surface area contributed by atoms with E-state index in [2.05, 4.69) is 0 Å². The lowest BCUT2D eigenvalue weighted by Crippen LogP contribution is -1.91. The van der Waals surface area contributed by atoms with Crippen LogP contribution in [0, 0.1) is 0 Å². The van der Waals surface area contributed by atoms with E-state index in [9.17, 15) is 4.79 Å². The third-order valence-corrected chi connectivity index (χ3v) is 0.923. The van der Waals surface area contributed by atoms with Crippen molar-refractivity contribution in [2.45, 2.75) is 77.7 Å². The minimum Gasteiger partial charge on any atom is -0.300 e. The molecular formula is C12H36O. The first-order valence-electron chi connectivity index (χ1n) is 2.83. The van der Waals surface area contributed by atoms with E-state index in [1.165, 1.54) is 0 Å². The van der Waals surface area contributed by atoms with Gasteiger partial charge in [0.05, 0.1) is 0 Å². The molecule has 0 spiro atoms. The van der Waals surface area contributed by atoms with Crippen LogP contribution >= 0.6 is 0 Å². The van der Waals surface area contributed by atoms with Gasteiger partial charge in [-0.25, -0.2) is 0 Å². The van der Waals surface area contributed by atoms with Crippen molar-refractivity contribution in [3.8, 4) is 0 Å². The minimum absolute atomic E-state index is 0. The predicted octanol–water partition coefficient (Wildman–Crippen LogP) is 5.58. The van der Waals surface area contributed by atoms with Crippen LogP contribution in [0.15, 0.2) is 0 Å². The van der Waals surface area contributed by atoms with Crippen molar-refractivity contribution in [2.24, 2.45) is 0 Å². The molecule has 0 atom stereocenters. The molecule has 0 aromatic rings. The molecule has 1 nitrogen and oxygen atoms in total. The second-order valence-corrected chi connectivity index (χ2v) is 1.64. The van der Waals surface area contributed by atoms with Crippen molar-refractivity contribution in [3.05, 3.63) is 0 Å². The van der Waals surface area contributed by atoms with Crippen LogP contribution < -0.4 is 0 Å². The molecule has 13 heavy (non-hydrogen) atoms. The van der Waals surface area contributed by atoms with Gasteiger partial charge in [-0.3, -0.25) is 4.79 Å². The van der Waals surface area contributed by atoms with Crippen molar-refractivity contribution < 1.29 is 4.79 Å². The third-order valence-electron chi connectivity index (χ3n) is 0.923. The van der Waals surface area contributed by atoms with Crippen LogP contribution in [0.1, 0.15) is 77.7 Å². The highest BCUT2D eigenvalue weighted by atomic mass is 16.1. The summed E-state index contributed by atoms with van der Waals surface area (Å²) in [4.78, 5) is 10.4. The molecule has 1 heteroatoms. The predicted molar refractivity (Wildman–Crippen MR) is 70.6 cm³/mol. The first kappa shape index (κ1) is 53.7. The first-order chi connectivity index (χ1) is 3.31. The fourth-order valence-corrected chi connectivity index (χ4v) is 0.456. The van der Waals surface area contributed by atoms with Crippen LogP contribution in [0.4, 0.5) is 0 Å². The smallest absolute Gasteiger partial charge is 0.132 e. The summed E-state index contributed by atoms with van der Waals surface area (Å²) in [5.74, 6) is 0.377. The van der Waals surface area contributed by atoms with Crippen molar-refractivity contribution in [1.29, 1.82) is 0 Å². The molecule has 0 radical (unpaired) electrons. The monoisotopic (exact) mass is 196 g/mol. The molecule has 0 rings (SSSR count). The molecule has 0 unspecified atom stereocenters. The Kier molecular flexibility index (Phi) is 171. The standard InChI is InChI=1S/C6H12O.6CH4/c1-3-5-6(7)4-2;;;;;;/h3-5H2,1-2H3;6*1H4. The van der Waals surface area contributed by atoms with Gasteiger partial charge in [-0.1, -0.05) is 58.4 Å². The fourth-order valence-electron chi connectivity index (χ4n) is 0.456. The van der Waals surface area contributed by atoms with E-state index in [1.807, 2.05) is 13.8 Å². The maximum Gasteiger partial charge on any atom is 0.132 e. The fraction of sp³-hybridized carbons (Fsp3) is 0.917. The van der Waals surface area contributed by atoms with E-state index in [0.29, 0.717) is 12.2 Å². The van der Waals surface area contributed by atoms with Crippen molar-refractivity contribution in [2.75, 3.05) is 0 Å². The Bertz CT molecular complexity index is 58.1. The van der Waals surface area contributed by atoms with Crippen LogP contribution in [0.3, 0.4) is 0 Å². The van der Waals surface area contributed by atoms with E-state index in [0.717, 1.165) is 12.8 Å². The van der Waals surface area contributed by atoms with Crippen LogP contribution in [-0.4, -0.2) is 5.78 Å². The van der Waals surface area contributed by atoms with E-state index < -0.39 is 0 Å². The van der Waals surface area contributed by atoms with Gasteiger partial charge in [0.2, 0.25) is 0 Å². The zero-order valence-corrected chi connectivity index (χ0v) is 5.03. The number of hydrogen-bond donors (Lipinski definition) is 0. The number of hydrogen-bond acceptors (Lipinski definition) is 1. The highest BCUT2D eigenvalue weighted by molar-refractivity contribution is 5.77. The van der Waals surface area contributed by atoms with Crippen LogP contribution in [0.25, 0.3) is 0 Å². The number of carbonyl (C=O) groups is 1. The maximum atomic E-state index is 10.4. The molecule has 0 amide bonds. The Morgan fingerprint density at radius 1 is 0.846 bits per heavy atom. The summed E-state index contributed by atoms with van der Waals surface area (Å²) in [5.41, 5.74) is 0. The van der Waals surface area contributed by atoms with Gasteiger partial charge < -0.3 is 0 Å². The van der Waals surface area contributed by atoms with Gasteiger partial charge in [0.15, 0.2) is 0 Å². The summed E-state index contributed by atoms with van der Waals surface area (Å²) < 4.78 is 0. The van der Waals surface area contributed by atoms with E-state index in [-0.39, 0.29) is 44.6 Å². The summed E-state index contributed by atoms with van der Waals surface area (Å²) in [6.45, 7) is 3.92. The topological polar surface area (TPSA) is 17.1 Å². The Morgan fingerprint density at radius 3 is 1.23 bits per heavy atom. The number of Topliss-reactive ketones (excluding diaryl/α,β-unsaturated/α-hetero) is 1. The van der Waals surface area contributed by atoms with Crippen molar-refractivity contribution in [3.63, 3.8) is 0 Å². The molecule has 0 saturated heterocycles. The molecule has 0 aromatic heterocycles. The normalized spacial score (nSPS) is 4.77. The number of carbonyl (C=O) groups excluding carboxylic acids is 1. The van der Waals surface area contributed by atoms with Gasteiger partial charge in [-0.05, 0) is 6.42 Å². The minimum atomic E-state index is 0. The van der Waals surface area contributed by atoms with Crippen molar-refractivity contribution >= 4 is 5.78 Å². The quantitative estimate of drug-likeness (QED) is 0.575. The summed E-state index contributed by atoms with van der Waals surface area (Å²) in [6, 6.07) is 0. The molecule has 0 fully saturated rings. The van der Waals surface area contributed by atoms with Gasteiger partial charge in [-0.2, -0.15) is 0 Å². The van der Waals surface area contributed by atoms with Gasteiger partial charge in [0.25, 0.3) is 0 Å². The molecule has 0 saturated carbocycles. The molecular weight excluding hydrogens is 160 g/mol. The summed E-state index contributed by atoms with van der Waals surface area (Å²) >= 11 is 0. The maximum absolute atomic E-state index is 10.4. The molecule has 0 aliphatic heterocycles. The molecule has 0 aliphatic rings. The van der Waals surface area contributed by atoms with Gasteiger partial charge in [0, 0.05) is 12.8 Å². The van der Waals surface area contributed by atoms with Crippen LogP contribution in [0.2, 0.25) is 0 Å². The Balaban J connectivity index is -0.0000000120. The number of rotatable bonds is 3. The third kappa shape index (κ3) is 50.0.